The number of aryl methyl sites for hydroxylation is 2. The molecule has 2 amide bonds. The molecule has 0 radical (unpaired) electrons. The Bertz CT molecular complexity index is 1200. The highest BCUT2D eigenvalue weighted by Gasteiger charge is 2.31. The van der Waals surface area contributed by atoms with E-state index < -0.39 is 5.97 Å². The van der Waals surface area contributed by atoms with Crippen LogP contribution in [0.1, 0.15) is 50.5 Å². The first-order valence-electron chi connectivity index (χ1n) is 11.1. The lowest BCUT2D eigenvalue weighted by molar-refractivity contribution is 0.0488. The van der Waals surface area contributed by atoms with Gasteiger partial charge in [-0.2, -0.15) is 0 Å². The fourth-order valence-corrected chi connectivity index (χ4v) is 4.95. The number of carbonyl (C=O) groups excluding carboxylic acids is 3. The number of nitrogens with zero attached hydrogens (tertiary/aromatic N) is 2. The number of rotatable bonds is 9. The number of amides is 2. The summed E-state index contributed by atoms with van der Waals surface area (Å²) in [5.74, 6) is -0.218. The van der Waals surface area contributed by atoms with Gasteiger partial charge in [-0.1, -0.05) is 12.1 Å². The molecule has 178 valence electrons. The van der Waals surface area contributed by atoms with E-state index >= 15 is 0 Å². The van der Waals surface area contributed by atoms with E-state index in [9.17, 15) is 18.8 Å². The van der Waals surface area contributed by atoms with Gasteiger partial charge < -0.3 is 14.1 Å². The molecule has 0 bridgehead atoms. The van der Waals surface area contributed by atoms with Gasteiger partial charge in [0.15, 0.2) is 5.78 Å². The molecule has 3 heterocycles. The van der Waals surface area contributed by atoms with Gasteiger partial charge in [0, 0.05) is 32.5 Å². The van der Waals surface area contributed by atoms with Crippen molar-refractivity contribution < 1.29 is 27.9 Å². The van der Waals surface area contributed by atoms with Gasteiger partial charge in [0.05, 0.1) is 16.5 Å². The summed E-state index contributed by atoms with van der Waals surface area (Å²) in [5.41, 5.74) is 1.68. The van der Waals surface area contributed by atoms with Crippen LogP contribution >= 0.6 is 11.3 Å². The Balaban J connectivity index is 1.37. The van der Waals surface area contributed by atoms with Crippen molar-refractivity contribution >= 4 is 34.1 Å². The fraction of sp³-hybridized carbons (Fsp3) is 0.320. The van der Waals surface area contributed by atoms with Crippen molar-refractivity contribution in [3.05, 3.63) is 75.8 Å². The first-order chi connectivity index (χ1) is 16.4. The number of benzene rings is 1. The van der Waals surface area contributed by atoms with Gasteiger partial charge in [0.1, 0.15) is 11.6 Å². The van der Waals surface area contributed by atoms with Crippen LogP contribution in [0.3, 0.4) is 0 Å². The molecule has 0 spiro atoms. The molecule has 1 saturated heterocycles. The van der Waals surface area contributed by atoms with Crippen molar-refractivity contribution in [1.29, 1.82) is 0 Å². The average Bonchev–Trinajstić information content (AvgIpc) is 3.53. The topological polar surface area (TPSA) is 80.1 Å². The van der Waals surface area contributed by atoms with Crippen molar-refractivity contribution in [1.82, 2.24) is 4.90 Å². The number of Topliss-reactive ketones (excluding diaryl/α,β-unsaturated/α-hetero) is 1. The number of carbonyl (C=O) groups is 3. The molecule has 3 aromatic rings. The molecule has 4 rings (SSSR count). The summed E-state index contributed by atoms with van der Waals surface area (Å²) >= 11 is 1.31. The predicted octanol–water partition coefficient (Wildman–Crippen LogP) is 5.22. The summed E-state index contributed by atoms with van der Waals surface area (Å²) in [6.07, 6.45) is 0.584. The van der Waals surface area contributed by atoms with Crippen molar-refractivity contribution in [3.8, 4) is 0 Å². The number of furan rings is 1. The Morgan fingerprint density at radius 2 is 1.91 bits per heavy atom. The highest BCUT2D eigenvalue weighted by molar-refractivity contribution is 7.18. The van der Waals surface area contributed by atoms with Crippen molar-refractivity contribution in [2.24, 2.45) is 0 Å². The van der Waals surface area contributed by atoms with Crippen molar-refractivity contribution in [2.45, 2.75) is 33.2 Å². The Hall–Kier alpha value is -3.46. The molecule has 0 N–H and O–H groups in total. The second-order valence-corrected chi connectivity index (χ2v) is 9.02. The third-order valence-electron chi connectivity index (χ3n) is 5.54. The van der Waals surface area contributed by atoms with E-state index in [1.165, 1.54) is 23.5 Å². The number of hydrogen-bond donors (Lipinski definition) is 0. The molecule has 1 aliphatic rings. The Kier molecular flexibility index (Phi) is 7.12. The minimum atomic E-state index is -0.525. The third-order valence-corrected chi connectivity index (χ3v) is 6.84. The van der Waals surface area contributed by atoms with Crippen LogP contribution in [0.4, 0.5) is 14.2 Å². The summed E-state index contributed by atoms with van der Waals surface area (Å²) in [6, 6.07) is 11.1. The number of esters is 1. The summed E-state index contributed by atoms with van der Waals surface area (Å²) in [6.45, 7) is 5.32. The van der Waals surface area contributed by atoms with Gasteiger partial charge in [-0.3, -0.25) is 9.69 Å². The van der Waals surface area contributed by atoms with Crippen LogP contribution in [0.2, 0.25) is 0 Å². The van der Waals surface area contributed by atoms with E-state index in [1.54, 1.807) is 41.0 Å². The monoisotopic (exact) mass is 484 g/mol. The minimum Gasteiger partial charge on any atom is -0.460 e. The molecule has 9 heteroatoms. The zero-order valence-corrected chi connectivity index (χ0v) is 19.8. The van der Waals surface area contributed by atoms with Gasteiger partial charge in [-0.25, -0.2) is 14.0 Å². The van der Waals surface area contributed by atoms with E-state index in [0.717, 1.165) is 16.1 Å². The van der Waals surface area contributed by atoms with Crippen LogP contribution in [-0.2, 0) is 17.7 Å². The van der Waals surface area contributed by atoms with Crippen LogP contribution in [0.15, 0.2) is 46.9 Å². The van der Waals surface area contributed by atoms with Crippen molar-refractivity contribution in [2.75, 3.05) is 24.6 Å². The SMILES string of the molecule is CCOC(=O)c1ccc(CCC(=O)c2sc(N3CCN(Cc4ccc(F)cc4)C3=O)cc2C)o1. The Labute approximate surface area is 200 Å². The minimum absolute atomic E-state index is 0.0438. The molecule has 0 aliphatic carbocycles. The molecular weight excluding hydrogens is 459 g/mol. The summed E-state index contributed by atoms with van der Waals surface area (Å²) in [7, 11) is 0. The van der Waals surface area contributed by atoms with Gasteiger partial charge >= 0.3 is 12.0 Å². The lowest BCUT2D eigenvalue weighted by atomic mass is 10.1. The van der Waals surface area contributed by atoms with E-state index in [2.05, 4.69) is 0 Å². The van der Waals surface area contributed by atoms with Crippen LogP contribution in [0.5, 0.6) is 0 Å². The molecule has 0 saturated carbocycles. The summed E-state index contributed by atoms with van der Waals surface area (Å²) in [5, 5.41) is 0.732. The first-order valence-corrected chi connectivity index (χ1v) is 11.9. The normalized spacial score (nSPS) is 13.6. The van der Waals surface area contributed by atoms with Gasteiger partial charge in [-0.15, -0.1) is 11.3 Å². The van der Waals surface area contributed by atoms with E-state index in [4.69, 9.17) is 9.15 Å². The van der Waals surface area contributed by atoms with Crippen LogP contribution < -0.4 is 4.90 Å². The lowest BCUT2D eigenvalue weighted by Crippen LogP contribution is -2.30. The van der Waals surface area contributed by atoms with Crippen LogP contribution in [0.25, 0.3) is 0 Å². The molecule has 2 aromatic heterocycles. The number of anilines is 1. The van der Waals surface area contributed by atoms with Crippen molar-refractivity contribution in [3.63, 3.8) is 0 Å². The van der Waals surface area contributed by atoms with E-state index in [-0.39, 0.29) is 36.4 Å². The molecule has 1 fully saturated rings. The first kappa shape index (κ1) is 23.7. The Morgan fingerprint density at radius 1 is 1.15 bits per heavy atom. The second-order valence-electron chi connectivity index (χ2n) is 7.99. The van der Waals surface area contributed by atoms with Gasteiger partial charge in [0.25, 0.3) is 0 Å². The fourth-order valence-electron chi connectivity index (χ4n) is 3.79. The number of hydrogen-bond acceptors (Lipinski definition) is 6. The van der Waals surface area contributed by atoms with Crippen LogP contribution in [-0.4, -0.2) is 42.4 Å². The molecule has 0 atom stereocenters. The standard InChI is InChI=1S/C25H25FN2O5S/c1-3-32-24(30)21-11-9-19(33-21)8-10-20(29)23-16(2)14-22(34-23)28-13-12-27(25(28)31)15-17-4-6-18(26)7-5-17/h4-7,9,11,14H,3,8,10,12-13,15H2,1-2H3. The highest BCUT2D eigenvalue weighted by Crippen LogP contribution is 2.33. The molecule has 1 aromatic carbocycles. The molecule has 0 unspecified atom stereocenters. The number of ether oxygens (including phenoxy) is 1. The third kappa shape index (κ3) is 5.20. The maximum absolute atomic E-state index is 13.1. The largest absolute Gasteiger partial charge is 0.460 e. The molecule has 1 aliphatic heterocycles. The summed E-state index contributed by atoms with van der Waals surface area (Å²) in [4.78, 5) is 41.5. The lowest BCUT2D eigenvalue weighted by Gasteiger charge is -2.17. The zero-order chi connectivity index (χ0) is 24.2. The predicted molar refractivity (Wildman–Crippen MR) is 126 cm³/mol. The number of halogens is 1. The van der Waals surface area contributed by atoms with Gasteiger partial charge in [0.2, 0.25) is 5.76 Å². The second kappa shape index (κ2) is 10.2. The zero-order valence-electron chi connectivity index (χ0n) is 19.0. The Morgan fingerprint density at radius 3 is 2.65 bits per heavy atom. The van der Waals surface area contributed by atoms with Crippen LogP contribution in [0, 0.1) is 12.7 Å². The molecule has 7 nitrogen and oxygen atoms in total. The molecule has 34 heavy (non-hydrogen) atoms. The number of ketones is 1. The number of thiophene rings is 1. The summed E-state index contributed by atoms with van der Waals surface area (Å²) < 4.78 is 23.5. The highest BCUT2D eigenvalue weighted by atomic mass is 32.1. The van der Waals surface area contributed by atoms with E-state index in [1.807, 2.05) is 13.0 Å². The average molecular weight is 485 g/mol. The maximum atomic E-state index is 13.1. The van der Waals surface area contributed by atoms with Gasteiger partial charge in [-0.05, 0) is 55.3 Å². The molecular formula is C25H25FN2O5S. The quantitative estimate of drug-likeness (QED) is 0.307. The number of urea groups is 1. The van der Waals surface area contributed by atoms with E-state index in [0.29, 0.717) is 36.7 Å². The maximum Gasteiger partial charge on any atom is 0.374 e. The smallest absolute Gasteiger partial charge is 0.374 e.